The first-order valence-corrected chi connectivity index (χ1v) is 22.1. The van der Waals surface area contributed by atoms with Crippen molar-refractivity contribution < 1.29 is 29.4 Å². The number of anilines is 2. The molecule has 73 heavy (non-hydrogen) atoms. The molecular weight excluding hydrogens is 948 g/mol. The monoisotopic (exact) mass is 992 g/mol. The molecule has 18 nitrogen and oxygen atoms in total. The van der Waals surface area contributed by atoms with Gasteiger partial charge in [0.2, 0.25) is 0 Å². The van der Waals surface area contributed by atoms with Crippen LogP contribution in [0, 0.1) is 0 Å². The summed E-state index contributed by atoms with van der Waals surface area (Å²) < 4.78 is 1.38. The number of ketones is 1. The van der Waals surface area contributed by atoms with E-state index in [0.29, 0.717) is 51.1 Å². The fourth-order valence-corrected chi connectivity index (χ4v) is 7.24. The van der Waals surface area contributed by atoms with Crippen molar-refractivity contribution in [2.75, 3.05) is 10.6 Å². The fraction of sp³-hybridized carbons (Fsp3) is 0.0185. The number of benzene rings is 5. The molecule has 0 aliphatic rings. The highest BCUT2D eigenvalue weighted by atomic mass is 35.5. The number of hydrogen-bond acceptors (Lipinski definition) is 13. The Morgan fingerprint density at radius 1 is 0.507 bits per heavy atom. The number of nitrogens with one attached hydrogen (secondary N) is 2. The third-order valence-corrected chi connectivity index (χ3v) is 10.8. The smallest absolute Gasteiger partial charge is 0.266 e. The molecule has 0 saturated carbocycles. The van der Waals surface area contributed by atoms with Crippen LogP contribution in [0.25, 0.3) is 33.1 Å². The molecule has 19 heteroatoms. The maximum Gasteiger partial charge on any atom is 0.266 e. The van der Waals surface area contributed by atoms with Gasteiger partial charge in [0.15, 0.2) is 17.2 Å². The van der Waals surface area contributed by atoms with Crippen molar-refractivity contribution in [1.29, 1.82) is 0 Å². The first-order valence-electron chi connectivity index (χ1n) is 21.7. The van der Waals surface area contributed by atoms with Crippen molar-refractivity contribution in [3.8, 4) is 0 Å². The number of fused-ring (bicyclic) bond motifs is 3. The molecular formula is C54H45ClN12O6. The SMILES string of the molecule is N.Nc1ncnc2[nH]ccc12.O.O=C(Cc1ncnc2[nH]ccc12)c1ccccc1.O=C(Cl)c1ccccc1.O=C(c1ccccc1)N(C(=O)c1ccccc1)c1ncnc2c1ccn2C(=O)c1ccccc1. The van der Waals surface area contributed by atoms with E-state index < -0.39 is 17.1 Å². The van der Waals surface area contributed by atoms with Gasteiger partial charge in [-0.25, -0.2) is 34.8 Å². The van der Waals surface area contributed by atoms with Crippen LogP contribution in [-0.2, 0) is 6.42 Å². The molecule has 9 N–H and O–H groups in total. The number of amides is 2. The second-order valence-electron chi connectivity index (χ2n) is 15.1. The molecule has 0 spiro atoms. The van der Waals surface area contributed by atoms with Gasteiger partial charge >= 0.3 is 0 Å². The molecule has 0 fully saturated rings. The van der Waals surface area contributed by atoms with Crippen LogP contribution in [-0.4, -0.2) is 78.7 Å². The minimum absolute atomic E-state index is 0. The van der Waals surface area contributed by atoms with Crippen molar-refractivity contribution in [1.82, 2.24) is 50.6 Å². The molecule has 6 aromatic heterocycles. The Labute approximate surface area is 421 Å². The number of hydrogen-bond donors (Lipinski definition) is 4. The molecule has 0 aliphatic carbocycles. The maximum atomic E-state index is 13.5. The van der Waals surface area contributed by atoms with Crippen molar-refractivity contribution >= 4 is 85.1 Å². The normalized spacial score (nSPS) is 10.2. The summed E-state index contributed by atoms with van der Waals surface area (Å²) in [5.74, 6) is -0.654. The summed E-state index contributed by atoms with van der Waals surface area (Å²) in [6, 6.07) is 49.2. The lowest BCUT2D eigenvalue weighted by Gasteiger charge is -2.21. The molecule has 11 rings (SSSR count). The Bertz CT molecular complexity index is 3550. The topological polar surface area (TPSA) is 295 Å². The zero-order chi connectivity index (χ0) is 49.5. The Morgan fingerprint density at radius 3 is 1.47 bits per heavy atom. The summed E-state index contributed by atoms with van der Waals surface area (Å²) >= 11 is 5.16. The molecule has 0 bridgehead atoms. The molecule has 11 aromatic rings. The van der Waals surface area contributed by atoms with E-state index in [1.807, 2.05) is 54.6 Å². The summed E-state index contributed by atoms with van der Waals surface area (Å²) in [5, 5.41) is 1.78. The van der Waals surface area contributed by atoms with Gasteiger partial charge in [0.1, 0.15) is 36.1 Å². The van der Waals surface area contributed by atoms with E-state index in [9.17, 15) is 24.0 Å². The number of nitrogens with two attached hydrogens (primary N) is 1. The van der Waals surface area contributed by atoms with Crippen LogP contribution in [0.4, 0.5) is 11.6 Å². The van der Waals surface area contributed by atoms with Crippen LogP contribution < -0.4 is 16.8 Å². The highest BCUT2D eigenvalue weighted by Gasteiger charge is 2.30. The van der Waals surface area contributed by atoms with Crippen LogP contribution >= 0.6 is 11.6 Å². The molecule has 0 unspecified atom stereocenters. The average molecular weight is 993 g/mol. The third kappa shape index (κ3) is 12.7. The van der Waals surface area contributed by atoms with Gasteiger partial charge in [-0.05, 0) is 66.2 Å². The van der Waals surface area contributed by atoms with E-state index in [4.69, 9.17) is 17.3 Å². The van der Waals surface area contributed by atoms with E-state index in [2.05, 4.69) is 39.9 Å². The minimum atomic E-state index is -0.531. The van der Waals surface area contributed by atoms with E-state index >= 15 is 0 Å². The Hall–Kier alpha value is -9.88. The number of nitrogens with zero attached hydrogens (tertiary/aromatic N) is 8. The quantitative estimate of drug-likeness (QED) is 0.0629. The van der Waals surface area contributed by atoms with Crippen molar-refractivity contribution in [2.24, 2.45) is 0 Å². The number of halogens is 1. The van der Waals surface area contributed by atoms with Gasteiger partial charge in [-0.2, -0.15) is 0 Å². The molecule has 0 radical (unpaired) electrons. The molecule has 6 heterocycles. The van der Waals surface area contributed by atoms with Crippen LogP contribution in [0.15, 0.2) is 207 Å². The Morgan fingerprint density at radius 2 is 0.959 bits per heavy atom. The number of carbonyl (C=O) groups excluding carboxylic acids is 5. The van der Waals surface area contributed by atoms with Gasteiger partial charge in [0.25, 0.3) is 23.0 Å². The summed E-state index contributed by atoms with van der Waals surface area (Å²) in [4.78, 5) is 94.3. The maximum absolute atomic E-state index is 13.5. The molecule has 2 amide bonds. The van der Waals surface area contributed by atoms with Gasteiger partial charge < -0.3 is 27.3 Å². The van der Waals surface area contributed by atoms with E-state index in [0.717, 1.165) is 32.7 Å². The van der Waals surface area contributed by atoms with Crippen molar-refractivity contribution in [3.63, 3.8) is 0 Å². The number of H-pyrrole nitrogens is 2. The van der Waals surface area contributed by atoms with E-state index in [-0.39, 0.29) is 29.1 Å². The largest absolute Gasteiger partial charge is 0.412 e. The van der Waals surface area contributed by atoms with Crippen LogP contribution in [0.2, 0.25) is 0 Å². The van der Waals surface area contributed by atoms with Gasteiger partial charge in [-0.3, -0.25) is 28.5 Å². The zero-order valence-corrected chi connectivity index (χ0v) is 39.4. The second-order valence-corrected chi connectivity index (χ2v) is 15.5. The van der Waals surface area contributed by atoms with Gasteiger partial charge in [0, 0.05) is 51.8 Å². The van der Waals surface area contributed by atoms with Gasteiger partial charge in [0.05, 0.1) is 22.9 Å². The fourth-order valence-electron chi connectivity index (χ4n) is 7.11. The number of aromatic amines is 2. The predicted octanol–water partition coefficient (Wildman–Crippen LogP) is 8.93. The first kappa shape index (κ1) is 52.5. The van der Waals surface area contributed by atoms with Crippen molar-refractivity contribution in [3.05, 3.63) is 241 Å². The first-order chi connectivity index (χ1) is 34.7. The summed E-state index contributed by atoms with van der Waals surface area (Å²) in [6.45, 7) is 0. The second kappa shape index (κ2) is 25.1. The predicted molar refractivity (Wildman–Crippen MR) is 280 cm³/mol. The highest BCUT2D eigenvalue weighted by Crippen LogP contribution is 2.28. The van der Waals surface area contributed by atoms with Crippen molar-refractivity contribution in [2.45, 2.75) is 6.42 Å². The lowest BCUT2D eigenvalue weighted by atomic mass is 10.1. The molecule has 0 atom stereocenters. The lowest BCUT2D eigenvalue weighted by Crippen LogP contribution is -2.38. The number of Topliss-reactive ketones (excluding diaryl/α,β-unsaturated/α-hetero) is 1. The lowest BCUT2D eigenvalue weighted by molar-refractivity contribution is 0.0893. The molecule has 364 valence electrons. The number of imide groups is 1. The van der Waals surface area contributed by atoms with Crippen LogP contribution in [0.3, 0.4) is 0 Å². The van der Waals surface area contributed by atoms with E-state index in [1.54, 1.807) is 134 Å². The summed E-state index contributed by atoms with van der Waals surface area (Å²) in [7, 11) is 0. The average Bonchev–Trinajstić information content (AvgIpc) is 4.23. The van der Waals surface area contributed by atoms with Gasteiger partial charge in [-0.1, -0.05) is 115 Å². The summed E-state index contributed by atoms with van der Waals surface area (Å²) in [6.07, 6.45) is 9.61. The third-order valence-electron chi connectivity index (χ3n) is 10.6. The number of rotatable bonds is 8. The number of carbonyl (C=O) groups is 5. The van der Waals surface area contributed by atoms with Crippen LogP contribution in [0.1, 0.15) is 57.5 Å². The highest BCUT2D eigenvalue weighted by molar-refractivity contribution is 6.67. The molecule has 5 aromatic carbocycles. The number of nitrogen functional groups attached to an aromatic ring is 1. The standard InChI is InChI=1S/C27H18N4O3.C14H11N3O.C7H5ClO.C6H6N4.H3N.H2O/c32-25(19-10-4-1-5-11-19)30-17-16-22-23(30)28-18-29-24(22)31(26(33)20-12-6-2-7-13-20)27(34)21-14-8-3-9-15-21;18-13(10-4-2-1-3-5-10)8-12-11-6-7-15-14(11)17-9-16-12;8-7(9)6-4-2-1-3-5-6;7-5-4-1-2-8-6(4)10-3-9-5;;/h1-18H;1-7,9H,8H2,(H,15,16,17);1-5H;1-3H,(H3,7,8,9,10);1H3;1H2. The Kier molecular flexibility index (Phi) is 18.1. The molecule has 0 aliphatic heterocycles. The minimum Gasteiger partial charge on any atom is -0.412 e. The van der Waals surface area contributed by atoms with Gasteiger partial charge in [-0.15, -0.1) is 0 Å². The van der Waals surface area contributed by atoms with E-state index in [1.165, 1.54) is 23.5 Å². The van der Waals surface area contributed by atoms with Crippen LogP contribution in [0.5, 0.6) is 0 Å². The summed E-state index contributed by atoms with van der Waals surface area (Å²) in [5.41, 5.74) is 10.5. The molecule has 0 saturated heterocycles. The number of aromatic nitrogens is 9. The Balaban J connectivity index is 0.000000184. The zero-order valence-electron chi connectivity index (χ0n) is 38.6.